The molecule has 1 atom stereocenters. The number of benzene rings is 1. The molecule has 1 aromatic carbocycles. The topological polar surface area (TPSA) is 53.8 Å². The number of carbonyl (C=O) groups is 2. The summed E-state index contributed by atoms with van der Waals surface area (Å²) >= 11 is 0. The summed E-state index contributed by atoms with van der Waals surface area (Å²) in [6, 6.07) is 11.8. The maximum Gasteiger partial charge on any atom is 0.228 e. The molecule has 0 radical (unpaired) electrons. The summed E-state index contributed by atoms with van der Waals surface area (Å²) in [6.07, 6.45) is 3.55. The smallest absolute Gasteiger partial charge is 0.228 e. The van der Waals surface area contributed by atoms with Crippen molar-refractivity contribution >= 4 is 11.8 Å². The summed E-state index contributed by atoms with van der Waals surface area (Å²) < 4.78 is 5.35. The van der Waals surface area contributed by atoms with Crippen molar-refractivity contribution in [3.05, 3.63) is 72.2 Å². The lowest BCUT2D eigenvalue weighted by atomic mass is 10.1. The third-order valence-electron chi connectivity index (χ3n) is 4.65. The molecule has 3 rings (SSSR count). The highest BCUT2D eigenvalue weighted by atomic mass is 16.3. The van der Waals surface area contributed by atoms with Gasteiger partial charge in [0.25, 0.3) is 0 Å². The van der Waals surface area contributed by atoms with Gasteiger partial charge in [0, 0.05) is 26.1 Å². The van der Waals surface area contributed by atoms with Gasteiger partial charge in [-0.3, -0.25) is 9.59 Å². The van der Waals surface area contributed by atoms with Crippen LogP contribution in [0.5, 0.6) is 0 Å². The Morgan fingerprint density at radius 1 is 1.35 bits per heavy atom. The third kappa shape index (κ3) is 4.23. The van der Waals surface area contributed by atoms with Gasteiger partial charge in [-0.25, -0.2) is 0 Å². The van der Waals surface area contributed by atoms with Gasteiger partial charge >= 0.3 is 0 Å². The molecule has 1 aliphatic heterocycles. The Morgan fingerprint density at radius 3 is 2.77 bits per heavy atom. The first kappa shape index (κ1) is 18.0. The van der Waals surface area contributed by atoms with Crippen molar-refractivity contribution in [2.45, 2.75) is 26.4 Å². The third-order valence-corrected chi connectivity index (χ3v) is 4.65. The van der Waals surface area contributed by atoms with Crippen molar-refractivity contribution in [3.8, 4) is 0 Å². The monoisotopic (exact) mass is 352 g/mol. The van der Waals surface area contributed by atoms with E-state index in [1.54, 1.807) is 28.2 Å². The van der Waals surface area contributed by atoms with E-state index in [9.17, 15) is 9.59 Å². The normalized spacial score (nSPS) is 16.7. The van der Waals surface area contributed by atoms with Crippen LogP contribution in [0.1, 0.15) is 23.3 Å². The van der Waals surface area contributed by atoms with Gasteiger partial charge in [-0.15, -0.1) is 6.58 Å². The average molecular weight is 352 g/mol. The van der Waals surface area contributed by atoms with Gasteiger partial charge in [-0.1, -0.05) is 35.9 Å². The van der Waals surface area contributed by atoms with Crippen LogP contribution in [0, 0.1) is 12.8 Å². The molecule has 1 aliphatic rings. The maximum absolute atomic E-state index is 12.9. The Morgan fingerprint density at radius 2 is 2.12 bits per heavy atom. The van der Waals surface area contributed by atoms with E-state index in [4.69, 9.17) is 4.42 Å². The second-order valence-electron chi connectivity index (χ2n) is 6.75. The largest absolute Gasteiger partial charge is 0.467 e. The van der Waals surface area contributed by atoms with Crippen LogP contribution in [-0.4, -0.2) is 34.7 Å². The first-order chi connectivity index (χ1) is 12.6. The van der Waals surface area contributed by atoms with Crippen molar-refractivity contribution in [2.24, 2.45) is 5.92 Å². The van der Waals surface area contributed by atoms with Gasteiger partial charge in [0.05, 0.1) is 18.7 Å². The van der Waals surface area contributed by atoms with Crippen LogP contribution in [-0.2, 0) is 22.7 Å². The maximum atomic E-state index is 12.9. The zero-order valence-corrected chi connectivity index (χ0v) is 15.1. The van der Waals surface area contributed by atoms with E-state index in [1.807, 2.05) is 37.3 Å². The molecule has 0 bridgehead atoms. The Balaban J connectivity index is 1.64. The predicted octanol–water partition coefficient (Wildman–Crippen LogP) is 3.15. The van der Waals surface area contributed by atoms with Gasteiger partial charge in [0.15, 0.2) is 0 Å². The molecule has 26 heavy (non-hydrogen) atoms. The molecule has 1 saturated heterocycles. The van der Waals surface area contributed by atoms with Gasteiger partial charge < -0.3 is 14.2 Å². The molecule has 0 N–H and O–H groups in total. The summed E-state index contributed by atoms with van der Waals surface area (Å²) in [5, 5.41) is 0. The summed E-state index contributed by atoms with van der Waals surface area (Å²) in [4.78, 5) is 28.7. The van der Waals surface area contributed by atoms with Crippen LogP contribution < -0.4 is 0 Å². The minimum Gasteiger partial charge on any atom is -0.467 e. The lowest BCUT2D eigenvalue weighted by molar-refractivity contribution is -0.136. The van der Waals surface area contributed by atoms with Gasteiger partial charge in [-0.2, -0.15) is 0 Å². The van der Waals surface area contributed by atoms with Crippen molar-refractivity contribution in [1.29, 1.82) is 0 Å². The lowest BCUT2D eigenvalue weighted by Gasteiger charge is -2.23. The van der Waals surface area contributed by atoms with Crippen LogP contribution >= 0.6 is 0 Å². The molecular weight excluding hydrogens is 328 g/mol. The van der Waals surface area contributed by atoms with Gasteiger partial charge in [0.1, 0.15) is 5.76 Å². The molecule has 5 heteroatoms. The van der Waals surface area contributed by atoms with E-state index in [2.05, 4.69) is 6.58 Å². The van der Waals surface area contributed by atoms with Gasteiger partial charge in [0.2, 0.25) is 11.8 Å². The van der Waals surface area contributed by atoms with Crippen molar-refractivity contribution in [2.75, 3.05) is 13.1 Å². The summed E-state index contributed by atoms with van der Waals surface area (Å²) in [6.45, 7) is 7.59. The Bertz CT molecular complexity index is 765. The highest BCUT2D eigenvalue weighted by Gasteiger charge is 2.36. The zero-order chi connectivity index (χ0) is 18.5. The number of furan rings is 1. The summed E-state index contributed by atoms with van der Waals surface area (Å²) in [5.41, 5.74) is 2.27. The minimum atomic E-state index is -0.317. The number of hydrogen-bond acceptors (Lipinski definition) is 3. The molecule has 0 aliphatic carbocycles. The number of likely N-dealkylation sites (tertiary alicyclic amines) is 1. The van der Waals surface area contributed by atoms with E-state index in [0.717, 1.165) is 11.3 Å². The van der Waals surface area contributed by atoms with Crippen LogP contribution in [0.4, 0.5) is 0 Å². The molecule has 2 aromatic rings. The number of nitrogens with zero attached hydrogens (tertiary/aromatic N) is 2. The van der Waals surface area contributed by atoms with Crippen LogP contribution in [0.15, 0.2) is 59.7 Å². The zero-order valence-electron chi connectivity index (χ0n) is 15.1. The molecular formula is C21H24N2O3. The average Bonchev–Trinajstić information content (AvgIpc) is 3.26. The standard InChI is InChI=1S/C21H24N2O3/c1-3-10-22(15-19-5-4-11-26-19)21(25)18-12-20(24)23(14-18)13-17-8-6-16(2)7-9-17/h3-9,11,18H,1,10,12-15H2,2H3/t18-/m0/s1. The molecule has 0 spiro atoms. The Hall–Kier alpha value is -2.82. The van der Waals surface area contributed by atoms with Crippen LogP contribution in [0.2, 0.25) is 0 Å². The fourth-order valence-electron chi connectivity index (χ4n) is 3.24. The van der Waals surface area contributed by atoms with Gasteiger partial charge in [-0.05, 0) is 24.6 Å². The number of rotatable bonds is 7. The lowest BCUT2D eigenvalue weighted by Crippen LogP contribution is -2.37. The highest BCUT2D eigenvalue weighted by Crippen LogP contribution is 2.23. The fraction of sp³-hybridized carbons (Fsp3) is 0.333. The Kier molecular flexibility index (Phi) is 5.56. The molecule has 1 aromatic heterocycles. The molecule has 1 fully saturated rings. The number of aryl methyl sites for hydroxylation is 1. The first-order valence-corrected chi connectivity index (χ1v) is 8.82. The Labute approximate surface area is 153 Å². The quantitative estimate of drug-likeness (QED) is 0.719. The first-order valence-electron chi connectivity index (χ1n) is 8.82. The number of hydrogen-bond donors (Lipinski definition) is 0. The SMILES string of the molecule is C=CCN(Cc1ccco1)C(=O)[C@H]1CC(=O)N(Cc2ccc(C)cc2)C1. The molecule has 2 amide bonds. The predicted molar refractivity (Wildman–Crippen MR) is 99.0 cm³/mol. The molecule has 5 nitrogen and oxygen atoms in total. The van der Waals surface area contributed by atoms with Crippen molar-refractivity contribution in [3.63, 3.8) is 0 Å². The van der Waals surface area contributed by atoms with E-state index in [-0.39, 0.29) is 24.2 Å². The van der Waals surface area contributed by atoms with E-state index >= 15 is 0 Å². The van der Waals surface area contributed by atoms with Crippen LogP contribution in [0.25, 0.3) is 0 Å². The minimum absolute atomic E-state index is 0.0268. The van der Waals surface area contributed by atoms with Crippen molar-refractivity contribution in [1.82, 2.24) is 9.80 Å². The molecule has 2 heterocycles. The van der Waals surface area contributed by atoms with E-state index < -0.39 is 0 Å². The molecule has 0 unspecified atom stereocenters. The fourth-order valence-corrected chi connectivity index (χ4v) is 3.24. The highest BCUT2D eigenvalue weighted by molar-refractivity contribution is 5.89. The van der Waals surface area contributed by atoms with Crippen LogP contribution in [0.3, 0.4) is 0 Å². The molecule has 0 saturated carbocycles. The number of amides is 2. The van der Waals surface area contributed by atoms with Crippen molar-refractivity contribution < 1.29 is 14.0 Å². The van der Waals surface area contributed by atoms with E-state index in [1.165, 1.54) is 5.56 Å². The second-order valence-corrected chi connectivity index (χ2v) is 6.75. The summed E-state index contributed by atoms with van der Waals surface area (Å²) in [5.74, 6) is 0.408. The van der Waals surface area contributed by atoms with E-state index in [0.29, 0.717) is 26.2 Å². The second kappa shape index (κ2) is 8.04. The number of carbonyl (C=O) groups excluding carboxylic acids is 2. The summed E-state index contributed by atoms with van der Waals surface area (Å²) in [7, 11) is 0. The molecule has 136 valence electrons.